The van der Waals surface area contributed by atoms with E-state index in [4.69, 9.17) is 10.4 Å². The van der Waals surface area contributed by atoms with Gasteiger partial charge in [0.15, 0.2) is 5.03 Å². The van der Waals surface area contributed by atoms with Gasteiger partial charge in [0, 0.05) is 18.9 Å². The van der Waals surface area contributed by atoms with Gasteiger partial charge in [0.1, 0.15) is 17.7 Å². The number of amides is 1. The first-order chi connectivity index (χ1) is 9.86. The quantitative estimate of drug-likeness (QED) is 0.439. The molecule has 10 heteroatoms. The lowest BCUT2D eigenvalue weighted by atomic mass is 10.2. The summed E-state index contributed by atoms with van der Waals surface area (Å²) in [5, 5.41) is 30.9. The fraction of sp³-hybridized carbons (Fsp3) is 0.273. The molecule has 0 aliphatic rings. The molecule has 0 saturated carbocycles. The zero-order valence-electron chi connectivity index (χ0n) is 10.8. The highest BCUT2D eigenvalue weighted by molar-refractivity contribution is 7.99. The minimum atomic E-state index is -1.27. The van der Waals surface area contributed by atoms with Crippen molar-refractivity contribution in [3.63, 3.8) is 0 Å². The lowest BCUT2D eigenvalue weighted by molar-refractivity contribution is -0.388. The molecule has 1 amide bonds. The van der Waals surface area contributed by atoms with Gasteiger partial charge in [-0.15, -0.1) is 0 Å². The summed E-state index contributed by atoms with van der Waals surface area (Å²) >= 11 is 0.784. The van der Waals surface area contributed by atoms with Crippen LogP contribution in [-0.2, 0) is 9.59 Å². The number of nitro groups is 1. The number of aromatic nitrogens is 1. The first-order valence-electron chi connectivity index (χ1n) is 5.53. The Morgan fingerprint density at radius 3 is 2.81 bits per heavy atom. The number of pyridine rings is 1. The highest BCUT2D eigenvalue weighted by atomic mass is 32.2. The van der Waals surface area contributed by atoms with Gasteiger partial charge in [-0.25, -0.2) is 9.78 Å². The summed E-state index contributed by atoms with van der Waals surface area (Å²) in [4.78, 5) is 35.9. The SMILES string of the molecule is CC(=O)N[C@@H](CSc1nccc(C#N)c1[N+](=O)[O-])C(=O)O. The van der Waals surface area contributed by atoms with Gasteiger partial charge in [0.25, 0.3) is 0 Å². The molecule has 0 spiro atoms. The Kier molecular flexibility index (Phi) is 5.62. The second kappa shape index (κ2) is 7.20. The van der Waals surface area contributed by atoms with E-state index >= 15 is 0 Å². The van der Waals surface area contributed by atoms with Crippen molar-refractivity contribution in [2.75, 3.05) is 5.75 Å². The van der Waals surface area contributed by atoms with E-state index in [0.29, 0.717) is 0 Å². The Balaban J connectivity index is 2.98. The summed E-state index contributed by atoms with van der Waals surface area (Å²) in [7, 11) is 0. The monoisotopic (exact) mass is 310 g/mol. The highest BCUT2D eigenvalue weighted by Gasteiger charge is 2.25. The minimum absolute atomic E-state index is 0.0735. The van der Waals surface area contributed by atoms with Crippen LogP contribution < -0.4 is 5.32 Å². The molecule has 1 rings (SSSR count). The molecule has 1 heterocycles. The smallest absolute Gasteiger partial charge is 0.327 e. The number of carboxylic acids is 1. The van der Waals surface area contributed by atoms with Crippen molar-refractivity contribution in [3.8, 4) is 6.07 Å². The number of carbonyl (C=O) groups excluding carboxylic acids is 1. The largest absolute Gasteiger partial charge is 0.480 e. The maximum atomic E-state index is 11.0. The predicted molar refractivity (Wildman–Crippen MR) is 71.6 cm³/mol. The maximum absolute atomic E-state index is 11.0. The molecule has 1 aromatic heterocycles. The number of hydrogen-bond acceptors (Lipinski definition) is 7. The molecular formula is C11H10N4O5S. The molecule has 0 aliphatic carbocycles. The molecule has 0 unspecified atom stereocenters. The predicted octanol–water partition coefficient (Wildman–Crippen LogP) is 0.543. The summed E-state index contributed by atoms with van der Waals surface area (Å²) in [6.45, 7) is 1.16. The zero-order chi connectivity index (χ0) is 16.0. The molecule has 1 atom stereocenters. The van der Waals surface area contributed by atoms with Crippen LogP contribution in [0.3, 0.4) is 0 Å². The first-order valence-corrected chi connectivity index (χ1v) is 6.51. The molecule has 0 bridgehead atoms. The number of aliphatic carboxylic acids is 1. The van der Waals surface area contributed by atoms with E-state index in [1.807, 2.05) is 0 Å². The summed E-state index contributed by atoms with van der Waals surface area (Å²) < 4.78 is 0. The van der Waals surface area contributed by atoms with E-state index in [-0.39, 0.29) is 16.3 Å². The van der Waals surface area contributed by atoms with Crippen molar-refractivity contribution >= 4 is 29.3 Å². The van der Waals surface area contributed by atoms with E-state index < -0.39 is 28.5 Å². The molecule has 0 saturated heterocycles. The Labute approximate surface area is 123 Å². The van der Waals surface area contributed by atoms with Crippen molar-refractivity contribution < 1.29 is 19.6 Å². The van der Waals surface area contributed by atoms with Crippen molar-refractivity contribution in [3.05, 3.63) is 27.9 Å². The zero-order valence-corrected chi connectivity index (χ0v) is 11.6. The van der Waals surface area contributed by atoms with E-state index in [1.54, 1.807) is 6.07 Å². The molecule has 0 aliphatic heterocycles. The standard InChI is InChI=1S/C11H10N4O5S/c1-6(16)14-8(11(17)18)5-21-10-9(15(19)20)7(4-12)2-3-13-10/h2-3,8H,5H2,1H3,(H,14,16)(H,17,18)/t8-/m0/s1. The molecular weight excluding hydrogens is 300 g/mol. The number of nitriles is 1. The van der Waals surface area contributed by atoms with Gasteiger partial charge in [-0.1, -0.05) is 11.8 Å². The minimum Gasteiger partial charge on any atom is -0.480 e. The van der Waals surface area contributed by atoms with E-state index in [2.05, 4.69) is 10.3 Å². The van der Waals surface area contributed by atoms with Crippen LogP contribution in [0.1, 0.15) is 12.5 Å². The number of nitrogens with zero attached hydrogens (tertiary/aromatic N) is 3. The van der Waals surface area contributed by atoms with Crippen LogP contribution in [0, 0.1) is 21.4 Å². The van der Waals surface area contributed by atoms with Crippen molar-refractivity contribution in [1.82, 2.24) is 10.3 Å². The summed E-state index contributed by atoms with van der Waals surface area (Å²) in [6, 6.07) is 1.67. The van der Waals surface area contributed by atoms with E-state index in [9.17, 15) is 19.7 Å². The average molecular weight is 310 g/mol. The molecule has 0 fully saturated rings. The lowest BCUT2D eigenvalue weighted by Gasteiger charge is -2.12. The summed E-state index contributed by atoms with van der Waals surface area (Å²) in [6.07, 6.45) is 1.22. The van der Waals surface area contributed by atoms with Gasteiger partial charge in [0.05, 0.1) is 4.92 Å². The number of carboxylic acid groups (broad SMARTS) is 1. The lowest BCUT2D eigenvalue weighted by Crippen LogP contribution is -2.41. The number of carbonyl (C=O) groups is 2. The highest BCUT2D eigenvalue weighted by Crippen LogP contribution is 2.30. The van der Waals surface area contributed by atoms with Crippen LogP contribution in [0.4, 0.5) is 5.69 Å². The van der Waals surface area contributed by atoms with Crippen LogP contribution in [0.5, 0.6) is 0 Å². The average Bonchev–Trinajstić information content (AvgIpc) is 2.41. The van der Waals surface area contributed by atoms with Crippen molar-refractivity contribution in [2.45, 2.75) is 18.0 Å². The molecule has 9 nitrogen and oxygen atoms in total. The van der Waals surface area contributed by atoms with Crippen LogP contribution >= 0.6 is 11.8 Å². The maximum Gasteiger partial charge on any atom is 0.327 e. The van der Waals surface area contributed by atoms with Crippen molar-refractivity contribution in [2.24, 2.45) is 0 Å². The summed E-state index contributed by atoms with van der Waals surface area (Å²) in [5.41, 5.74) is -0.638. The van der Waals surface area contributed by atoms with E-state index in [1.165, 1.54) is 12.3 Å². The summed E-state index contributed by atoms with van der Waals surface area (Å²) in [5.74, 6) is -1.95. The molecule has 110 valence electrons. The van der Waals surface area contributed by atoms with Crippen molar-refractivity contribution in [1.29, 1.82) is 5.26 Å². The Bertz CT molecular complexity index is 628. The Hall–Kier alpha value is -2.67. The third kappa shape index (κ3) is 4.43. The fourth-order valence-electron chi connectivity index (χ4n) is 1.39. The Morgan fingerprint density at radius 1 is 1.67 bits per heavy atom. The number of hydrogen-bond donors (Lipinski definition) is 2. The van der Waals surface area contributed by atoms with Gasteiger partial charge in [0.2, 0.25) is 5.91 Å². The van der Waals surface area contributed by atoms with Crippen LogP contribution in [0.15, 0.2) is 17.3 Å². The first kappa shape index (κ1) is 16.4. The van der Waals surface area contributed by atoms with Gasteiger partial charge in [-0.3, -0.25) is 14.9 Å². The second-order valence-corrected chi connectivity index (χ2v) is 4.79. The van der Waals surface area contributed by atoms with Crippen LogP contribution in [-0.4, -0.2) is 38.7 Å². The van der Waals surface area contributed by atoms with Crippen LogP contribution in [0.2, 0.25) is 0 Å². The third-order valence-corrected chi connectivity index (χ3v) is 3.33. The number of thioether (sulfide) groups is 1. The Morgan fingerprint density at radius 2 is 2.33 bits per heavy atom. The van der Waals surface area contributed by atoms with Gasteiger partial charge in [-0.05, 0) is 6.07 Å². The molecule has 0 radical (unpaired) electrons. The van der Waals surface area contributed by atoms with Gasteiger partial charge < -0.3 is 10.4 Å². The second-order valence-electron chi connectivity index (χ2n) is 3.78. The topological polar surface area (TPSA) is 146 Å². The number of nitrogens with one attached hydrogen (secondary N) is 1. The van der Waals surface area contributed by atoms with Gasteiger partial charge >= 0.3 is 11.7 Å². The number of rotatable bonds is 6. The molecule has 2 N–H and O–H groups in total. The fourth-order valence-corrected chi connectivity index (χ4v) is 2.40. The molecule has 21 heavy (non-hydrogen) atoms. The van der Waals surface area contributed by atoms with Gasteiger partial charge in [-0.2, -0.15) is 5.26 Å². The van der Waals surface area contributed by atoms with E-state index in [0.717, 1.165) is 18.7 Å². The normalized spacial score (nSPS) is 11.2. The van der Waals surface area contributed by atoms with Crippen LogP contribution in [0.25, 0.3) is 0 Å². The third-order valence-electron chi connectivity index (χ3n) is 2.26. The molecule has 1 aromatic rings. The molecule has 0 aromatic carbocycles.